The molecular formula is C12H17BrClNO. The molecule has 0 bridgehead atoms. The largest absolute Gasteiger partial charge is 0.492 e. The standard InChI is InChI=1S/C12H16BrNO.ClH/c13-11-4-3-5-12(10-11)15-9-8-14-6-1-2-7-14;/h3-5,10H,1-2,6-9H2;1H. The first kappa shape index (κ1) is 13.8. The van der Waals surface area contributed by atoms with Crippen molar-refractivity contribution in [3.8, 4) is 5.75 Å². The zero-order valence-electron chi connectivity index (χ0n) is 9.19. The van der Waals surface area contributed by atoms with Crippen molar-refractivity contribution in [2.75, 3.05) is 26.2 Å². The van der Waals surface area contributed by atoms with Gasteiger partial charge in [0.05, 0.1) is 0 Å². The molecule has 16 heavy (non-hydrogen) atoms. The van der Waals surface area contributed by atoms with E-state index in [-0.39, 0.29) is 12.4 Å². The maximum atomic E-state index is 5.68. The molecule has 0 spiro atoms. The van der Waals surface area contributed by atoms with Crippen LogP contribution in [-0.4, -0.2) is 31.1 Å². The van der Waals surface area contributed by atoms with E-state index in [1.807, 2.05) is 24.3 Å². The Labute approximate surface area is 112 Å². The van der Waals surface area contributed by atoms with Crippen molar-refractivity contribution in [1.29, 1.82) is 0 Å². The molecule has 0 amide bonds. The molecule has 1 aliphatic rings. The Bertz CT molecular complexity index is 316. The van der Waals surface area contributed by atoms with Gasteiger partial charge in [-0.15, -0.1) is 12.4 Å². The fourth-order valence-corrected chi connectivity index (χ4v) is 2.23. The van der Waals surface area contributed by atoms with Crippen LogP contribution in [0.5, 0.6) is 5.75 Å². The Balaban J connectivity index is 0.00000128. The second-order valence-corrected chi connectivity index (χ2v) is 4.77. The Hall–Kier alpha value is -0.250. The summed E-state index contributed by atoms with van der Waals surface area (Å²) in [5.74, 6) is 0.948. The van der Waals surface area contributed by atoms with Crippen molar-refractivity contribution in [3.05, 3.63) is 28.7 Å². The minimum Gasteiger partial charge on any atom is -0.492 e. The minimum absolute atomic E-state index is 0. The van der Waals surface area contributed by atoms with Gasteiger partial charge in [-0.2, -0.15) is 0 Å². The zero-order valence-corrected chi connectivity index (χ0v) is 11.6. The van der Waals surface area contributed by atoms with Crippen molar-refractivity contribution in [1.82, 2.24) is 4.90 Å². The Morgan fingerprint density at radius 2 is 2.00 bits per heavy atom. The third-order valence-corrected chi connectivity index (χ3v) is 3.16. The molecular weight excluding hydrogens is 289 g/mol. The molecule has 1 saturated heterocycles. The second-order valence-electron chi connectivity index (χ2n) is 3.85. The van der Waals surface area contributed by atoms with Crippen LogP contribution in [0, 0.1) is 0 Å². The van der Waals surface area contributed by atoms with E-state index >= 15 is 0 Å². The second kappa shape index (κ2) is 7.15. The topological polar surface area (TPSA) is 12.5 Å². The van der Waals surface area contributed by atoms with E-state index in [0.717, 1.165) is 23.4 Å². The van der Waals surface area contributed by atoms with Gasteiger partial charge in [0.25, 0.3) is 0 Å². The van der Waals surface area contributed by atoms with Crippen molar-refractivity contribution < 1.29 is 4.74 Å². The summed E-state index contributed by atoms with van der Waals surface area (Å²) in [4.78, 5) is 2.46. The van der Waals surface area contributed by atoms with Gasteiger partial charge in [-0.25, -0.2) is 0 Å². The molecule has 1 aromatic carbocycles. The number of hydrogen-bond donors (Lipinski definition) is 0. The van der Waals surface area contributed by atoms with E-state index in [0.29, 0.717) is 0 Å². The van der Waals surface area contributed by atoms with Crippen LogP contribution in [0.2, 0.25) is 0 Å². The predicted octanol–water partition coefficient (Wildman–Crippen LogP) is 3.35. The number of hydrogen-bond acceptors (Lipinski definition) is 2. The predicted molar refractivity (Wildman–Crippen MR) is 72.6 cm³/mol. The third-order valence-electron chi connectivity index (χ3n) is 2.67. The molecule has 0 saturated carbocycles. The lowest BCUT2D eigenvalue weighted by atomic mass is 10.3. The average Bonchev–Trinajstić information content (AvgIpc) is 2.71. The molecule has 2 nitrogen and oxygen atoms in total. The van der Waals surface area contributed by atoms with Gasteiger partial charge in [-0.05, 0) is 44.1 Å². The van der Waals surface area contributed by atoms with E-state index in [4.69, 9.17) is 4.74 Å². The smallest absolute Gasteiger partial charge is 0.120 e. The Morgan fingerprint density at radius 1 is 1.25 bits per heavy atom. The lowest BCUT2D eigenvalue weighted by molar-refractivity contribution is 0.237. The number of ether oxygens (including phenoxy) is 1. The van der Waals surface area contributed by atoms with Crippen molar-refractivity contribution in [2.45, 2.75) is 12.8 Å². The van der Waals surface area contributed by atoms with Crippen molar-refractivity contribution >= 4 is 28.3 Å². The summed E-state index contributed by atoms with van der Waals surface area (Å²) in [5, 5.41) is 0. The van der Waals surface area contributed by atoms with E-state index in [1.165, 1.54) is 25.9 Å². The van der Waals surface area contributed by atoms with Gasteiger partial charge in [-0.3, -0.25) is 4.90 Å². The Kier molecular flexibility index (Phi) is 6.17. The molecule has 90 valence electrons. The fraction of sp³-hybridized carbons (Fsp3) is 0.500. The molecule has 0 N–H and O–H groups in total. The zero-order chi connectivity index (χ0) is 10.5. The quantitative estimate of drug-likeness (QED) is 0.846. The van der Waals surface area contributed by atoms with Crippen LogP contribution in [0.25, 0.3) is 0 Å². The summed E-state index contributed by atoms with van der Waals surface area (Å²) in [6.07, 6.45) is 2.69. The minimum atomic E-state index is 0. The molecule has 0 unspecified atom stereocenters. The van der Waals surface area contributed by atoms with Crippen LogP contribution in [-0.2, 0) is 0 Å². The highest BCUT2D eigenvalue weighted by Gasteiger charge is 2.10. The lowest BCUT2D eigenvalue weighted by Gasteiger charge is -2.14. The van der Waals surface area contributed by atoms with Crippen LogP contribution >= 0.6 is 28.3 Å². The number of likely N-dealkylation sites (tertiary alicyclic amines) is 1. The van der Waals surface area contributed by atoms with E-state index in [9.17, 15) is 0 Å². The Morgan fingerprint density at radius 3 is 2.69 bits per heavy atom. The number of benzene rings is 1. The van der Waals surface area contributed by atoms with Crippen LogP contribution in [0.15, 0.2) is 28.7 Å². The normalized spacial score (nSPS) is 15.8. The first-order chi connectivity index (χ1) is 7.34. The van der Waals surface area contributed by atoms with Gasteiger partial charge in [0.15, 0.2) is 0 Å². The first-order valence-corrected chi connectivity index (χ1v) is 6.24. The van der Waals surface area contributed by atoms with Gasteiger partial charge in [-0.1, -0.05) is 22.0 Å². The summed E-state index contributed by atoms with van der Waals surface area (Å²) in [5.41, 5.74) is 0. The summed E-state index contributed by atoms with van der Waals surface area (Å²) in [6.45, 7) is 4.31. The molecule has 0 aliphatic carbocycles. The van der Waals surface area contributed by atoms with Crippen molar-refractivity contribution in [2.24, 2.45) is 0 Å². The third kappa shape index (κ3) is 4.32. The first-order valence-electron chi connectivity index (χ1n) is 5.45. The molecule has 0 atom stereocenters. The van der Waals surface area contributed by atoms with Crippen molar-refractivity contribution in [3.63, 3.8) is 0 Å². The van der Waals surface area contributed by atoms with Crippen LogP contribution in [0.3, 0.4) is 0 Å². The van der Waals surface area contributed by atoms with Gasteiger partial charge in [0, 0.05) is 11.0 Å². The molecule has 1 heterocycles. The summed E-state index contributed by atoms with van der Waals surface area (Å²) < 4.78 is 6.75. The van der Waals surface area contributed by atoms with E-state index in [1.54, 1.807) is 0 Å². The highest BCUT2D eigenvalue weighted by Crippen LogP contribution is 2.17. The molecule has 0 aromatic heterocycles. The molecule has 1 aliphatic heterocycles. The number of halogens is 2. The highest BCUT2D eigenvalue weighted by atomic mass is 79.9. The van der Waals surface area contributed by atoms with Crippen LogP contribution in [0.4, 0.5) is 0 Å². The molecule has 1 aromatic rings. The lowest BCUT2D eigenvalue weighted by Crippen LogP contribution is -2.25. The monoisotopic (exact) mass is 305 g/mol. The maximum absolute atomic E-state index is 5.68. The van der Waals surface area contributed by atoms with Gasteiger partial charge in [0.1, 0.15) is 12.4 Å². The summed E-state index contributed by atoms with van der Waals surface area (Å²) in [7, 11) is 0. The van der Waals surface area contributed by atoms with Gasteiger partial charge >= 0.3 is 0 Å². The molecule has 1 fully saturated rings. The maximum Gasteiger partial charge on any atom is 0.120 e. The number of rotatable bonds is 4. The van der Waals surface area contributed by atoms with E-state index in [2.05, 4.69) is 20.8 Å². The van der Waals surface area contributed by atoms with Gasteiger partial charge < -0.3 is 4.74 Å². The number of nitrogens with zero attached hydrogens (tertiary/aromatic N) is 1. The van der Waals surface area contributed by atoms with E-state index < -0.39 is 0 Å². The van der Waals surface area contributed by atoms with Gasteiger partial charge in [0.2, 0.25) is 0 Å². The SMILES string of the molecule is Brc1cccc(OCCN2CCCC2)c1.Cl. The molecule has 2 rings (SSSR count). The van der Waals surface area contributed by atoms with Crippen LogP contribution in [0.1, 0.15) is 12.8 Å². The summed E-state index contributed by atoms with van der Waals surface area (Å²) >= 11 is 3.43. The summed E-state index contributed by atoms with van der Waals surface area (Å²) in [6, 6.07) is 8.00. The highest BCUT2D eigenvalue weighted by molar-refractivity contribution is 9.10. The molecule has 0 radical (unpaired) electrons. The fourth-order valence-electron chi connectivity index (χ4n) is 1.86. The van der Waals surface area contributed by atoms with Crippen LogP contribution < -0.4 is 4.74 Å². The molecule has 4 heteroatoms. The average molecular weight is 307 g/mol.